The molecular formula is C15H10F3N5O. The maximum atomic E-state index is 12.7. The average Bonchev–Trinajstić information content (AvgIpc) is 3.09. The Balaban J connectivity index is 1.82. The van der Waals surface area contributed by atoms with Gasteiger partial charge in [0.1, 0.15) is 24.3 Å². The molecule has 0 spiro atoms. The van der Waals surface area contributed by atoms with Gasteiger partial charge in [-0.2, -0.15) is 13.2 Å². The summed E-state index contributed by atoms with van der Waals surface area (Å²) in [6, 6.07) is 5.64. The Morgan fingerprint density at radius 3 is 2.71 bits per heavy atom. The highest BCUT2D eigenvalue weighted by Gasteiger charge is 2.30. The molecule has 0 saturated carbocycles. The number of nitrogens with zero attached hydrogens (tertiary/aromatic N) is 4. The van der Waals surface area contributed by atoms with Crippen molar-refractivity contribution in [2.75, 3.05) is 5.32 Å². The van der Waals surface area contributed by atoms with Crippen LogP contribution in [0, 0.1) is 0 Å². The molecule has 0 radical (unpaired) electrons. The molecule has 122 valence electrons. The van der Waals surface area contributed by atoms with Gasteiger partial charge in [-0.05, 0) is 18.2 Å². The van der Waals surface area contributed by atoms with Gasteiger partial charge in [-0.15, -0.1) is 0 Å². The van der Waals surface area contributed by atoms with Gasteiger partial charge in [0.2, 0.25) is 0 Å². The van der Waals surface area contributed by atoms with E-state index in [0.29, 0.717) is 5.82 Å². The molecule has 3 aromatic rings. The van der Waals surface area contributed by atoms with Gasteiger partial charge in [-0.1, -0.05) is 6.07 Å². The first-order valence-electron chi connectivity index (χ1n) is 6.72. The third kappa shape index (κ3) is 3.40. The van der Waals surface area contributed by atoms with Gasteiger partial charge in [0.05, 0.1) is 5.56 Å². The molecule has 1 amide bonds. The number of rotatable bonds is 3. The van der Waals surface area contributed by atoms with Gasteiger partial charge >= 0.3 is 6.18 Å². The molecule has 0 unspecified atom stereocenters. The molecule has 2 heterocycles. The lowest BCUT2D eigenvalue weighted by molar-refractivity contribution is -0.137. The summed E-state index contributed by atoms with van der Waals surface area (Å²) >= 11 is 0. The van der Waals surface area contributed by atoms with Crippen molar-refractivity contribution < 1.29 is 18.0 Å². The van der Waals surface area contributed by atoms with Crippen LogP contribution in [-0.4, -0.2) is 25.4 Å². The van der Waals surface area contributed by atoms with Gasteiger partial charge in [-0.3, -0.25) is 9.36 Å². The molecule has 9 heteroatoms. The Morgan fingerprint density at radius 1 is 1.17 bits per heavy atom. The highest BCUT2D eigenvalue weighted by Crippen LogP contribution is 2.29. The van der Waals surface area contributed by atoms with E-state index in [9.17, 15) is 18.0 Å². The van der Waals surface area contributed by atoms with Crippen LogP contribution in [0.5, 0.6) is 0 Å². The molecule has 0 bridgehead atoms. The van der Waals surface area contributed by atoms with Gasteiger partial charge in [0.25, 0.3) is 5.91 Å². The molecule has 0 aliphatic heterocycles. The highest BCUT2D eigenvalue weighted by atomic mass is 19.4. The van der Waals surface area contributed by atoms with Crippen LogP contribution in [0.3, 0.4) is 0 Å². The average molecular weight is 333 g/mol. The molecular weight excluding hydrogens is 323 g/mol. The quantitative estimate of drug-likeness (QED) is 0.800. The number of aromatic nitrogens is 4. The minimum Gasteiger partial charge on any atom is -0.306 e. The van der Waals surface area contributed by atoms with Crippen LogP contribution in [0.15, 0.2) is 55.4 Å². The number of hydrogen-bond acceptors (Lipinski definition) is 4. The summed E-state index contributed by atoms with van der Waals surface area (Å²) in [5, 5.41) is 2.45. The van der Waals surface area contributed by atoms with Crippen molar-refractivity contribution in [2.24, 2.45) is 0 Å². The van der Waals surface area contributed by atoms with Gasteiger partial charge < -0.3 is 5.32 Å². The molecule has 3 rings (SSSR count). The lowest BCUT2D eigenvalue weighted by atomic mass is 10.1. The van der Waals surface area contributed by atoms with Crippen LogP contribution in [0.1, 0.15) is 15.9 Å². The summed E-state index contributed by atoms with van der Waals surface area (Å²) in [7, 11) is 0. The van der Waals surface area contributed by atoms with Crippen molar-refractivity contribution >= 4 is 11.7 Å². The number of benzene rings is 1. The maximum Gasteiger partial charge on any atom is 0.416 e. The van der Waals surface area contributed by atoms with E-state index >= 15 is 0 Å². The molecule has 24 heavy (non-hydrogen) atoms. The summed E-state index contributed by atoms with van der Waals surface area (Å²) in [6.07, 6.45) is 1.45. The number of halogens is 3. The smallest absolute Gasteiger partial charge is 0.306 e. The molecule has 1 aromatic carbocycles. The first-order chi connectivity index (χ1) is 11.4. The number of hydrogen-bond donors (Lipinski definition) is 1. The zero-order valence-electron chi connectivity index (χ0n) is 12.0. The minimum absolute atomic E-state index is 0.118. The summed E-state index contributed by atoms with van der Waals surface area (Å²) in [5.74, 6) is -0.0747. The van der Waals surface area contributed by atoms with E-state index in [1.54, 1.807) is 17.0 Å². The summed E-state index contributed by atoms with van der Waals surface area (Å²) in [6.45, 7) is 0. The topological polar surface area (TPSA) is 72.7 Å². The van der Waals surface area contributed by atoms with E-state index in [1.807, 2.05) is 0 Å². The Hall–Kier alpha value is -3.23. The number of alkyl halides is 3. The largest absolute Gasteiger partial charge is 0.416 e. The molecule has 0 atom stereocenters. The van der Waals surface area contributed by atoms with Crippen LogP contribution in [0.25, 0.3) is 5.82 Å². The minimum atomic E-state index is -4.51. The van der Waals surface area contributed by atoms with Crippen molar-refractivity contribution in [3.63, 3.8) is 0 Å². The highest BCUT2D eigenvalue weighted by molar-refractivity contribution is 6.03. The Morgan fingerprint density at radius 2 is 2.00 bits per heavy atom. The lowest BCUT2D eigenvalue weighted by Crippen LogP contribution is -2.15. The lowest BCUT2D eigenvalue weighted by Gasteiger charge is -2.09. The van der Waals surface area contributed by atoms with Crippen LogP contribution in [0.4, 0.5) is 19.0 Å². The van der Waals surface area contributed by atoms with Crippen LogP contribution in [0.2, 0.25) is 0 Å². The van der Waals surface area contributed by atoms with E-state index in [1.165, 1.54) is 30.9 Å². The fraction of sp³-hybridized carbons (Fsp3) is 0.0667. The van der Waals surface area contributed by atoms with Crippen molar-refractivity contribution in [1.29, 1.82) is 0 Å². The third-order valence-electron chi connectivity index (χ3n) is 3.12. The second-order valence-electron chi connectivity index (χ2n) is 4.76. The number of imidazole rings is 1. The Labute approximate surface area is 134 Å². The van der Waals surface area contributed by atoms with E-state index in [-0.39, 0.29) is 11.4 Å². The fourth-order valence-corrected chi connectivity index (χ4v) is 1.98. The fourth-order valence-electron chi connectivity index (χ4n) is 1.98. The van der Waals surface area contributed by atoms with Gasteiger partial charge in [0, 0.05) is 24.0 Å². The van der Waals surface area contributed by atoms with E-state index in [2.05, 4.69) is 20.3 Å². The number of carbonyl (C=O) groups excluding carboxylic acids is 1. The number of anilines is 1. The number of amides is 1. The zero-order chi connectivity index (χ0) is 17.2. The summed E-state index contributed by atoms with van der Waals surface area (Å²) in [5.41, 5.74) is -1.01. The van der Waals surface area contributed by atoms with Crippen molar-refractivity contribution in [1.82, 2.24) is 19.5 Å². The van der Waals surface area contributed by atoms with E-state index in [4.69, 9.17) is 0 Å². The van der Waals surface area contributed by atoms with Crippen molar-refractivity contribution in [3.8, 4) is 5.82 Å². The summed E-state index contributed by atoms with van der Waals surface area (Å²) < 4.78 is 39.7. The number of nitrogens with one attached hydrogen (secondary N) is 1. The summed E-state index contributed by atoms with van der Waals surface area (Å²) in [4.78, 5) is 23.9. The SMILES string of the molecule is O=C(Nc1cc(-n2ccnc2)ncn1)c1cccc(C(F)(F)F)c1. The molecule has 6 nitrogen and oxygen atoms in total. The van der Waals surface area contributed by atoms with E-state index < -0.39 is 17.6 Å². The molecule has 2 aromatic heterocycles. The Kier molecular flexibility index (Phi) is 3.98. The molecule has 0 fully saturated rings. The van der Waals surface area contributed by atoms with Crippen molar-refractivity contribution in [3.05, 3.63) is 66.5 Å². The maximum absolute atomic E-state index is 12.7. The first-order valence-corrected chi connectivity index (χ1v) is 6.72. The van der Waals surface area contributed by atoms with Crippen LogP contribution >= 0.6 is 0 Å². The molecule has 0 aliphatic rings. The van der Waals surface area contributed by atoms with Gasteiger partial charge in [-0.25, -0.2) is 15.0 Å². The Bertz CT molecular complexity index is 862. The standard InChI is InChI=1S/C15H10F3N5O/c16-15(17,18)11-3-1-2-10(6-11)14(24)22-12-7-13(21-8-20-12)23-5-4-19-9-23/h1-9H,(H,20,21,22,24). The third-order valence-corrected chi connectivity index (χ3v) is 3.12. The molecule has 1 N–H and O–H groups in total. The van der Waals surface area contributed by atoms with Crippen LogP contribution in [-0.2, 0) is 6.18 Å². The predicted molar refractivity (Wildman–Crippen MR) is 78.6 cm³/mol. The van der Waals surface area contributed by atoms with Crippen molar-refractivity contribution in [2.45, 2.75) is 6.18 Å². The normalized spacial score (nSPS) is 11.3. The van der Waals surface area contributed by atoms with Crippen LogP contribution < -0.4 is 5.32 Å². The molecule has 0 aliphatic carbocycles. The monoisotopic (exact) mass is 333 g/mol. The second kappa shape index (κ2) is 6.11. The predicted octanol–water partition coefficient (Wildman–Crippen LogP) is 2.93. The zero-order valence-corrected chi connectivity index (χ0v) is 12.0. The van der Waals surface area contributed by atoms with Gasteiger partial charge in [0.15, 0.2) is 0 Å². The first kappa shape index (κ1) is 15.7. The molecule has 0 saturated heterocycles. The number of carbonyl (C=O) groups is 1. The second-order valence-corrected chi connectivity index (χ2v) is 4.76. The van der Waals surface area contributed by atoms with E-state index in [0.717, 1.165) is 12.1 Å².